The lowest BCUT2D eigenvalue weighted by Gasteiger charge is -1.95. The van der Waals surface area contributed by atoms with Crippen LogP contribution in [0.1, 0.15) is 28.0 Å². The summed E-state index contributed by atoms with van der Waals surface area (Å²) in [5.74, 6) is 0.0707. The van der Waals surface area contributed by atoms with Gasteiger partial charge in [-0.25, -0.2) is 4.98 Å². The molecule has 0 saturated carbocycles. The Bertz CT molecular complexity index is 528. The summed E-state index contributed by atoms with van der Waals surface area (Å²) in [6.45, 7) is 5.37. The third-order valence-corrected chi connectivity index (χ3v) is 3.58. The molecule has 2 aromatic heterocycles. The van der Waals surface area contributed by atoms with Crippen LogP contribution in [0, 0.1) is 13.8 Å². The molecule has 2 heterocycles. The molecule has 0 atom stereocenters. The average molecular weight is 232 g/mol. The molecule has 0 amide bonds. The van der Waals surface area contributed by atoms with E-state index < -0.39 is 0 Å². The van der Waals surface area contributed by atoms with Gasteiger partial charge in [-0.15, -0.1) is 11.3 Å². The summed E-state index contributed by atoms with van der Waals surface area (Å²) in [5, 5.41) is 0.857. The zero-order valence-corrected chi connectivity index (χ0v) is 10.3. The summed E-state index contributed by atoms with van der Waals surface area (Å²) >= 11 is 1.43. The summed E-state index contributed by atoms with van der Waals surface area (Å²) in [6, 6.07) is 3.92. The SMILES string of the molecule is CC(=O)c1sc(-c2ccc(C)nc2)nc1C. The summed E-state index contributed by atoms with van der Waals surface area (Å²) in [6.07, 6.45) is 1.79. The van der Waals surface area contributed by atoms with E-state index in [4.69, 9.17) is 0 Å². The first-order chi connectivity index (χ1) is 7.58. The summed E-state index contributed by atoms with van der Waals surface area (Å²) in [5.41, 5.74) is 2.74. The highest BCUT2D eigenvalue weighted by Gasteiger charge is 2.12. The van der Waals surface area contributed by atoms with Gasteiger partial charge in [0.25, 0.3) is 0 Å². The lowest BCUT2D eigenvalue weighted by molar-refractivity contribution is 0.102. The molecule has 0 radical (unpaired) electrons. The van der Waals surface area contributed by atoms with Crippen LogP contribution >= 0.6 is 11.3 Å². The van der Waals surface area contributed by atoms with Gasteiger partial charge in [0.05, 0.1) is 10.6 Å². The number of hydrogen-bond acceptors (Lipinski definition) is 4. The highest BCUT2D eigenvalue weighted by Crippen LogP contribution is 2.27. The van der Waals surface area contributed by atoms with E-state index in [1.54, 1.807) is 13.1 Å². The summed E-state index contributed by atoms with van der Waals surface area (Å²) in [4.78, 5) is 20.7. The fourth-order valence-corrected chi connectivity index (χ4v) is 2.39. The molecule has 0 aliphatic carbocycles. The van der Waals surface area contributed by atoms with Gasteiger partial charge in [-0.05, 0) is 26.0 Å². The Labute approximate surface area is 98.2 Å². The molecule has 0 aliphatic rings. The Morgan fingerprint density at radius 2 is 2.06 bits per heavy atom. The van der Waals surface area contributed by atoms with E-state index in [1.807, 2.05) is 26.0 Å². The third kappa shape index (κ3) is 2.02. The summed E-state index contributed by atoms with van der Waals surface area (Å²) in [7, 11) is 0. The lowest BCUT2D eigenvalue weighted by Crippen LogP contribution is -1.89. The van der Waals surface area contributed by atoms with E-state index in [9.17, 15) is 4.79 Å². The molecule has 16 heavy (non-hydrogen) atoms. The van der Waals surface area contributed by atoms with E-state index in [0.717, 1.165) is 26.8 Å². The number of hydrogen-bond donors (Lipinski definition) is 0. The van der Waals surface area contributed by atoms with Crippen LogP contribution in [0.5, 0.6) is 0 Å². The smallest absolute Gasteiger partial charge is 0.171 e. The molecule has 0 aliphatic heterocycles. The fraction of sp³-hybridized carbons (Fsp3) is 0.250. The van der Waals surface area contributed by atoms with Crippen LogP contribution in [-0.4, -0.2) is 15.8 Å². The Kier molecular flexibility index (Phi) is 2.83. The minimum Gasteiger partial charge on any atom is -0.294 e. The second-order valence-electron chi connectivity index (χ2n) is 3.68. The number of thiazole rings is 1. The second-order valence-corrected chi connectivity index (χ2v) is 4.68. The molecular formula is C12H12N2OS. The lowest BCUT2D eigenvalue weighted by atomic mass is 10.2. The fourth-order valence-electron chi connectivity index (χ4n) is 1.44. The molecule has 0 aromatic carbocycles. The molecule has 4 heteroatoms. The third-order valence-electron chi connectivity index (χ3n) is 2.27. The van der Waals surface area contributed by atoms with Crippen molar-refractivity contribution in [2.75, 3.05) is 0 Å². The van der Waals surface area contributed by atoms with Gasteiger partial charge in [0.2, 0.25) is 0 Å². The maximum atomic E-state index is 11.3. The molecule has 0 unspecified atom stereocenters. The van der Waals surface area contributed by atoms with Gasteiger partial charge < -0.3 is 0 Å². The van der Waals surface area contributed by atoms with Crippen molar-refractivity contribution < 1.29 is 4.79 Å². The molecule has 2 aromatic rings. The highest BCUT2D eigenvalue weighted by atomic mass is 32.1. The van der Waals surface area contributed by atoms with Gasteiger partial charge in [0.15, 0.2) is 5.78 Å². The number of aromatic nitrogens is 2. The molecule has 0 N–H and O–H groups in total. The second kappa shape index (κ2) is 4.14. The van der Waals surface area contributed by atoms with Crippen LogP contribution in [-0.2, 0) is 0 Å². The number of ketones is 1. The number of aryl methyl sites for hydroxylation is 2. The van der Waals surface area contributed by atoms with Crippen molar-refractivity contribution in [3.05, 3.63) is 34.6 Å². The minimum atomic E-state index is 0.0707. The average Bonchev–Trinajstić information content (AvgIpc) is 2.61. The van der Waals surface area contributed by atoms with E-state index in [1.165, 1.54) is 11.3 Å². The standard InChI is InChI=1S/C12H12N2OS/c1-7-4-5-10(6-13-7)12-14-8(2)11(16-12)9(3)15/h4-6H,1-3H3. The number of carbonyl (C=O) groups excluding carboxylic acids is 1. The maximum absolute atomic E-state index is 11.3. The maximum Gasteiger partial charge on any atom is 0.171 e. The van der Waals surface area contributed by atoms with E-state index in [-0.39, 0.29) is 5.78 Å². The van der Waals surface area contributed by atoms with Gasteiger partial charge in [0, 0.05) is 24.4 Å². The van der Waals surface area contributed by atoms with Crippen molar-refractivity contribution in [2.45, 2.75) is 20.8 Å². The first-order valence-corrected chi connectivity index (χ1v) is 5.81. The van der Waals surface area contributed by atoms with Crippen LogP contribution in [0.4, 0.5) is 0 Å². The van der Waals surface area contributed by atoms with Gasteiger partial charge >= 0.3 is 0 Å². The monoisotopic (exact) mass is 232 g/mol. The predicted octanol–water partition coefficient (Wildman–Crippen LogP) is 3.02. The van der Waals surface area contributed by atoms with E-state index in [0.29, 0.717) is 0 Å². The molecule has 3 nitrogen and oxygen atoms in total. The predicted molar refractivity (Wildman–Crippen MR) is 64.8 cm³/mol. The van der Waals surface area contributed by atoms with Gasteiger partial charge in [-0.3, -0.25) is 9.78 Å². The number of Topliss-reactive ketones (excluding diaryl/α,β-unsaturated/α-hetero) is 1. The Morgan fingerprint density at radius 3 is 2.56 bits per heavy atom. The van der Waals surface area contributed by atoms with Crippen LogP contribution < -0.4 is 0 Å². The Morgan fingerprint density at radius 1 is 1.31 bits per heavy atom. The molecule has 82 valence electrons. The quantitative estimate of drug-likeness (QED) is 0.747. The molecule has 0 spiro atoms. The topological polar surface area (TPSA) is 42.9 Å². The largest absolute Gasteiger partial charge is 0.294 e. The van der Waals surface area contributed by atoms with Crippen LogP contribution in [0.15, 0.2) is 18.3 Å². The minimum absolute atomic E-state index is 0.0707. The van der Waals surface area contributed by atoms with Gasteiger partial charge in [-0.2, -0.15) is 0 Å². The first-order valence-electron chi connectivity index (χ1n) is 4.99. The number of nitrogens with zero attached hydrogens (tertiary/aromatic N) is 2. The number of carbonyl (C=O) groups is 1. The molecule has 0 bridgehead atoms. The van der Waals surface area contributed by atoms with E-state index >= 15 is 0 Å². The Hall–Kier alpha value is -1.55. The number of rotatable bonds is 2. The highest BCUT2D eigenvalue weighted by molar-refractivity contribution is 7.17. The van der Waals surface area contributed by atoms with Crippen LogP contribution in [0.2, 0.25) is 0 Å². The zero-order chi connectivity index (χ0) is 11.7. The normalized spacial score (nSPS) is 10.4. The van der Waals surface area contributed by atoms with Gasteiger partial charge in [-0.1, -0.05) is 0 Å². The van der Waals surface area contributed by atoms with E-state index in [2.05, 4.69) is 9.97 Å². The Balaban J connectivity index is 2.45. The zero-order valence-electron chi connectivity index (χ0n) is 9.44. The van der Waals surface area contributed by atoms with Crippen molar-refractivity contribution in [2.24, 2.45) is 0 Å². The van der Waals surface area contributed by atoms with Crippen molar-refractivity contribution in [3.8, 4) is 10.6 Å². The van der Waals surface area contributed by atoms with Crippen LogP contribution in [0.3, 0.4) is 0 Å². The molecular weight excluding hydrogens is 220 g/mol. The van der Waals surface area contributed by atoms with Crippen molar-refractivity contribution in [3.63, 3.8) is 0 Å². The van der Waals surface area contributed by atoms with Crippen LogP contribution in [0.25, 0.3) is 10.6 Å². The van der Waals surface area contributed by atoms with Crippen molar-refractivity contribution in [1.82, 2.24) is 9.97 Å². The molecule has 2 rings (SSSR count). The van der Waals surface area contributed by atoms with Gasteiger partial charge in [0.1, 0.15) is 5.01 Å². The number of pyridine rings is 1. The first kappa shape index (κ1) is 11.0. The van der Waals surface area contributed by atoms with Crippen molar-refractivity contribution in [1.29, 1.82) is 0 Å². The molecule has 0 fully saturated rings. The summed E-state index contributed by atoms with van der Waals surface area (Å²) < 4.78 is 0. The van der Waals surface area contributed by atoms with Crippen molar-refractivity contribution >= 4 is 17.1 Å². The molecule has 0 saturated heterocycles.